The molecule has 1 aliphatic rings. The lowest BCUT2D eigenvalue weighted by Gasteiger charge is -2.15. The quantitative estimate of drug-likeness (QED) is 0.660. The van der Waals surface area contributed by atoms with Gasteiger partial charge in [-0.2, -0.15) is 0 Å². The lowest BCUT2D eigenvalue weighted by molar-refractivity contribution is 0.498. The molecule has 1 heterocycles. The molecular weight excluding hydrogens is 228 g/mol. The van der Waals surface area contributed by atoms with Crippen LogP contribution in [0.5, 0.6) is 0 Å². The van der Waals surface area contributed by atoms with Crippen molar-refractivity contribution in [2.45, 2.75) is 6.92 Å². The van der Waals surface area contributed by atoms with Crippen molar-refractivity contribution in [1.82, 2.24) is 4.90 Å². The van der Waals surface area contributed by atoms with Gasteiger partial charge in [0.15, 0.2) is 0 Å². The molecular formula is C10H11BrN2. The molecule has 0 saturated heterocycles. The van der Waals surface area contributed by atoms with Crippen LogP contribution in [0.2, 0.25) is 0 Å². The first-order chi connectivity index (χ1) is 6.18. The normalized spacial score (nSPS) is 14.5. The fourth-order valence-corrected chi connectivity index (χ4v) is 1.78. The topological polar surface area (TPSA) is 15.6 Å². The van der Waals surface area contributed by atoms with Crippen molar-refractivity contribution in [2.24, 2.45) is 4.99 Å². The molecule has 0 N–H and O–H groups in total. The van der Waals surface area contributed by atoms with Crippen molar-refractivity contribution in [3.63, 3.8) is 0 Å². The van der Waals surface area contributed by atoms with E-state index in [9.17, 15) is 0 Å². The third-order valence-corrected chi connectivity index (χ3v) is 3.10. The molecule has 0 saturated carbocycles. The molecule has 0 radical (unpaired) electrons. The van der Waals surface area contributed by atoms with Gasteiger partial charge in [0.2, 0.25) is 0 Å². The van der Waals surface area contributed by atoms with Gasteiger partial charge in [-0.05, 0) is 24.6 Å². The highest BCUT2D eigenvalue weighted by molar-refractivity contribution is 9.10. The van der Waals surface area contributed by atoms with Crippen LogP contribution in [0.4, 0.5) is 0 Å². The molecule has 0 aromatic heterocycles. The van der Waals surface area contributed by atoms with Crippen LogP contribution >= 0.6 is 15.9 Å². The lowest BCUT2D eigenvalue weighted by atomic mass is 10.2. The molecule has 0 amide bonds. The maximum absolute atomic E-state index is 4.45. The molecule has 1 aromatic rings. The first-order valence-electron chi connectivity index (χ1n) is 4.20. The highest BCUT2D eigenvalue weighted by Gasteiger charge is 2.02. The van der Waals surface area contributed by atoms with Crippen LogP contribution in [0.1, 0.15) is 5.56 Å². The summed E-state index contributed by atoms with van der Waals surface area (Å²) in [5, 5.41) is 2.32. The van der Waals surface area contributed by atoms with Crippen LogP contribution in [0, 0.1) is 6.92 Å². The van der Waals surface area contributed by atoms with Gasteiger partial charge in [0, 0.05) is 22.9 Å². The van der Waals surface area contributed by atoms with E-state index in [0.717, 1.165) is 16.5 Å². The van der Waals surface area contributed by atoms with Gasteiger partial charge in [-0.15, -0.1) is 0 Å². The first-order valence-corrected chi connectivity index (χ1v) is 4.99. The van der Waals surface area contributed by atoms with Crippen LogP contribution in [0.3, 0.4) is 0 Å². The Morgan fingerprint density at radius 2 is 2.23 bits per heavy atom. The number of fused-ring (bicyclic) bond motifs is 1. The summed E-state index contributed by atoms with van der Waals surface area (Å²) in [4.78, 5) is 6.53. The van der Waals surface area contributed by atoms with E-state index in [0.29, 0.717) is 0 Å². The Kier molecular flexibility index (Phi) is 2.12. The third kappa shape index (κ3) is 1.48. The smallest absolute Gasteiger partial charge is 0.110 e. The standard InChI is InChI=1S/C10H11BrN2/c1-7-8-5-13(2)6-12-10(8)4-3-9(7)11/h3-5H,6H2,1-2H3. The summed E-state index contributed by atoms with van der Waals surface area (Å²) < 4.78 is 1.15. The molecule has 0 unspecified atom stereocenters. The van der Waals surface area contributed by atoms with Crippen LogP contribution in [-0.2, 0) is 0 Å². The third-order valence-electron chi connectivity index (χ3n) is 2.24. The summed E-state index contributed by atoms with van der Waals surface area (Å²) in [5.41, 5.74) is 1.26. The number of nitrogens with zero attached hydrogens (tertiary/aromatic N) is 2. The average Bonchev–Trinajstić information content (AvgIpc) is 2.12. The molecule has 2 nitrogen and oxygen atoms in total. The molecule has 2 rings (SSSR count). The van der Waals surface area contributed by atoms with Crippen molar-refractivity contribution in [2.75, 3.05) is 13.7 Å². The van der Waals surface area contributed by atoms with Crippen molar-refractivity contribution in [1.29, 1.82) is 0 Å². The summed E-state index contributed by atoms with van der Waals surface area (Å²) in [6, 6.07) is 4.10. The number of hydrogen-bond acceptors (Lipinski definition) is 2. The highest BCUT2D eigenvalue weighted by Crippen LogP contribution is 2.09. The van der Waals surface area contributed by atoms with Gasteiger partial charge < -0.3 is 4.90 Å². The van der Waals surface area contributed by atoms with Crippen molar-refractivity contribution < 1.29 is 0 Å². The van der Waals surface area contributed by atoms with Crippen LogP contribution in [-0.4, -0.2) is 18.6 Å². The Bertz CT molecular complexity index is 451. The van der Waals surface area contributed by atoms with E-state index in [1.807, 2.05) is 7.05 Å². The minimum absolute atomic E-state index is 0.758. The van der Waals surface area contributed by atoms with Gasteiger partial charge in [-0.3, -0.25) is 4.99 Å². The number of rotatable bonds is 0. The summed E-state index contributed by atoms with van der Waals surface area (Å²) in [6.07, 6.45) is 2.14. The largest absolute Gasteiger partial charge is 0.361 e. The summed E-state index contributed by atoms with van der Waals surface area (Å²) in [5.74, 6) is 0. The van der Waals surface area contributed by atoms with E-state index >= 15 is 0 Å². The molecule has 0 fully saturated rings. The van der Waals surface area contributed by atoms with Gasteiger partial charge in [-0.1, -0.05) is 15.9 Å². The Hall–Kier alpha value is -0.830. The molecule has 0 bridgehead atoms. The number of benzene rings is 1. The monoisotopic (exact) mass is 238 g/mol. The SMILES string of the molecule is Cc1c(Br)ccc2c1=CN(C)CN=2. The van der Waals surface area contributed by atoms with Crippen molar-refractivity contribution in [3.8, 4) is 0 Å². The van der Waals surface area contributed by atoms with Gasteiger partial charge in [0.1, 0.15) is 6.67 Å². The zero-order valence-electron chi connectivity index (χ0n) is 7.71. The second kappa shape index (κ2) is 3.14. The first kappa shape index (κ1) is 8.75. The predicted octanol–water partition coefficient (Wildman–Crippen LogP) is 1.02. The second-order valence-electron chi connectivity index (χ2n) is 3.29. The molecule has 1 aromatic carbocycles. The van der Waals surface area contributed by atoms with Crippen molar-refractivity contribution >= 4 is 22.1 Å². The predicted molar refractivity (Wildman–Crippen MR) is 56.8 cm³/mol. The van der Waals surface area contributed by atoms with Gasteiger partial charge in [0.25, 0.3) is 0 Å². The minimum atomic E-state index is 0.758. The van der Waals surface area contributed by atoms with E-state index in [-0.39, 0.29) is 0 Å². The van der Waals surface area contributed by atoms with E-state index in [1.54, 1.807) is 0 Å². The van der Waals surface area contributed by atoms with Gasteiger partial charge in [0.05, 0.1) is 5.36 Å². The zero-order valence-corrected chi connectivity index (χ0v) is 9.30. The minimum Gasteiger partial charge on any atom is -0.361 e. The summed E-state index contributed by atoms with van der Waals surface area (Å²) in [7, 11) is 2.03. The summed E-state index contributed by atoms with van der Waals surface area (Å²) >= 11 is 3.51. The van der Waals surface area contributed by atoms with Crippen LogP contribution in [0.25, 0.3) is 6.20 Å². The fraction of sp³-hybridized carbons (Fsp3) is 0.300. The number of halogens is 1. The fourth-order valence-electron chi connectivity index (χ4n) is 1.44. The summed E-state index contributed by atoms with van der Waals surface area (Å²) in [6.45, 7) is 2.86. The molecule has 0 atom stereocenters. The van der Waals surface area contributed by atoms with Crippen molar-refractivity contribution in [3.05, 3.63) is 32.7 Å². The van der Waals surface area contributed by atoms with Crippen LogP contribution < -0.4 is 10.6 Å². The molecule has 68 valence electrons. The van der Waals surface area contributed by atoms with Crippen LogP contribution in [0.15, 0.2) is 21.6 Å². The molecule has 0 aliphatic carbocycles. The van der Waals surface area contributed by atoms with Gasteiger partial charge in [-0.25, -0.2) is 0 Å². The van der Waals surface area contributed by atoms with E-state index in [2.05, 4.69) is 51.1 Å². The Labute approximate surface area is 85.7 Å². The molecule has 1 aliphatic heterocycles. The number of hydrogen-bond donors (Lipinski definition) is 0. The molecule has 0 spiro atoms. The Morgan fingerprint density at radius 3 is 3.00 bits per heavy atom. The average molecular weight is 239 g/mol. The lowest BCUT2D eigenvalue weighted by Crippen LogP contribution is -2.36. The molecule has 13 heavy (non-hydrogen) atoms. The highest BCUT2D eigenvalue weighted by atomic mass is 79.9. The second-order valence-corrected chi connectivity index (χ2v) is 4.15. The maximum Gasteiger partial charge on any atom is 0.110 e. The zero-order chi connectivity index (χ0) is 9.42. The van der Waals surface area contributed by atoms with E-state index < -0.39 is 0 Å². The van der Waals surface area contributed by atoms with Gasteiger partial charge >= 0.3 is 0 Å². The molecule has 3 heteroatoms. The van der Waals surface area contributed by atoms with E-state index in [1.165, 1.54) is 10.8 Å². The van der Waals surface area contributed by atoms with E-state index in [4.69, 9.17) is 0 Å². The Balaban J connectivity index is 2.82. The Morgan fingerprint density at radius 1 is 1.46 bits per heavy atom. The maximum atomic E-state index is 4.45.